The zero-order valence-electron chi connectivity index (χ0n) is 12.3. The van der Waals surface area contributed by atoms with Crippen LogP contribution < -0.4 is 5.32 Å². The summed E-state index contributed by atoms with van der Waals surface area (Å²) in [5.41, 5.74) is -0.917. The second-order valence-corrected chi connectivity index (χ2v) is 5.27. The Kier molecular flexibility index (Phi) is 6.22. The van der Waals surface area contributed by atoms with E-state index in [0.29, 0.717) is 32.7 Å². The van der Waals surface area contributed by atoms with Gasteiger partial charge in [-0.25, -0.2) is 4.79 Å². The number of nitrogens with one attached hydrogen (secondary N) is 1. The molecule has 0 saturated carbocycles. The van der Waals surface area contributed by atoms with Crippen molar-refractivity contribution < 1.29 is 24.2 Å². The van der Waals surface area contributed by atoms with Crippen LogP contribution in [0.3, 0.4) is 0 Å². The molecule has 2 amide bonds. The number of likely N-dealkylation sites (N-methyl/N-ethyl adjacent to an activating group) is 1. The fraction of sp³-hybridized carbons (Fsp3) is 0.846. The van der Waals surface area contributed by atoms with Gasteiger partial charge in [0.2, 0.25) is 0 Å². The van der Waals surface area contributed by atoms with Gasteiger partial charge in [0.05, 0.1) is 18.1 Å². The molecule has 1 fully saturated rings. The normalized spacial score (nSPS) is 19.1. The summed E-state index contributed by atoms with van der Waals surface area (Å²) >= 11 is 0. The van der Waals surface area contributed by atoms with E-state index in [1.807, 2.05) is 6.92 Å². The number of aliphatic carboxylic acids is 1. The lowest BCUT2D eigenvalue weighted by molar-refractivity contribution is -0.154. The number of ether oxygens (including phenoxy) is 2. The summed E-state index contributed by atoms with van der Waals surface area (Å²) in [4.78, 5) is 25.0. The number of carboxylic acid groups (broad SMARTS) is 1. The third-order valence-corrected chi connectivity index (χ3v) is 3.87. The van der Waals surface area contributed by atoms with Gasteiger partial charge in [-0.3, -0.25) is 4.79 Å². The molecule has 0 radical (unpaired) electrons. The lowest BCUT2D eigenvalue weighted by Crippen LogP contribution is -2.51. The second-order valence-electron chi connectivity index (χ2n) is 5.27. The minimum Gasteiger partial charge on any atom is -0.481 e. The third kappa shape index (κ3) is 4.08. The molecule has 0 spiro atoms. The van der Waals surface area contributed by atoms with E-state index in [9.17, 15) is 14.7 Å². The molecule has 1 aliphatic rings. The monoisotopic (exact) mass is 288 g/mol. The highest BCUT2D eigenvalue weighted by molar-refractivity contribution is 5.78. The van der Waals surface area contributed by atoms with Gasteiger partial charge in [-0.1, -0.05) is 0 Å². The van der Waals surface area contributed by atoms with E-state index in [1.165, 1.54) is 4.90 Å². The van der Waals surface area contributed by atoms with E-state index in [1.54, 1.807) is 14.2 Å². The highest BCUT2D eigenvalue weighted by Crippen LogP contribution is 2.30. The molecule has 1 unspecified atom stereocenters. The summed E-state index contributed by atoms with van der Waals surface area (Å²) in [6, 6.07) is -0.364. The average molecular weight is 288 g/mol. The summed E-state index contributed by atoms with van der Waals surface area (Å²) in [5, 5.41) is 12.1. The largest absolute Gasteiger partial charge is 0.481 e. The lowest BCUT2D eigenvalue weighted by atomic mass is 9.80. The Morgan fingerprint density at radius 1 is 1.45 bits per heavy atom. The average Bonchev–Trinajstić information content (AvgIpc) is 2.45. The number of hydrogen-bond donors (Lipinski definition) is 2. The molecule has 0 aromatic heterocycles. The van der Waals surface area contributed by atoms with E-state index in [0.717, 1.165) is 0 Å². The number of hydrogen-bond acceptors (Lipinski definition) is 4. The third-order valence-electron chi connectivity index (χ3n) is 3.87. The van der Waals surface area contributed by atoms with Gasteiger partial charge >= 0.3 is 12.0 Å². The summed E-state index contributed by atoms with van der Waals surface area (Å²) in [7, 11) is 3.24. The summed E-state index contributed by atoms with van der Waals surface area (Å²) < 4.78 is 10.2. The van der Waals surface area contributed by atoms with Gasteiger partial charge in [0, 0.05) is 33.9 Å². The minimum atomic E-state index is -0.917. The molecule has 1 rings (SSSR count). The number of urea groups is 1. The van der Waals surface area contributed by atoms with Crippen LogP contribution in [0.4, 0.5) is 4.79 Å². The van der Waals surface area contributed by atoms with Crippen molar-refractivity contribution >= 4 is 12.0 Å². The first kappa shape index (κ1) is 16.7. The van der Waals surface area contributed by atoms with Crippen LogP contribution in [-0.4, -0.2) is 68.6 Å². The quantitative estimate of drug-likeness (QED) is 0.745. The molecule has 2 N–H and O–H groups in total. The zero-order valence-corrected chi connectivity index (χ0v) is 12.3. The van der Waals surface area contributed by atoms with Crippen LogP contribution in [0, 0.1) is 5.41 Å². The van der Waals surface area contributed by atoms with Crippen LogP contribution >= 0.6 is 0 Å². The molecular weight excluding hydrogens is 264 g/mol. The van der Waals surface area contributed by atoms with E-state index < -0.39 is 11.4 Å². The van der Waals surface area contributed by atoms with E-state index in [2.05, 4.69) is 5.32 Å². The van der Waals surface area contributed by atoms with Crippen molar-refractivity contribution in [3.8, 4) is 0 Å². The van der Waals surface area contributed by atoms with Crippen molar-refractivity contribution in [2.75, 3.05) is 40.5 Å². The maximum absolute atomic E-state index is 12.0. The number of nitrogens with zero attached hydrogens (tertiary/aromatic N) is 1. The van der Waals surface area contributed by atoms with E-state index in [-0.39, 0.29) is 18.6 Å². The molecule has 1 atom stereocenters. The Labute approximate surface area is 119 Å². The highest BCUT2D eigenvalue weighted by atomic mass is 16.5. The fourth-order valence-corrected chi connectivity index (χ4v) is 2.15. The van der Waals surface area contributed by atoms with Gasteiger partial charge in [-0.2, -0.15) is 0 Å². The number of amides is 2. The van der Waals surface area contributed by atoms with Gasteiger partial charge in [-0.05, 0) is 19.8 Å². The Morgan fingerprint density at radius 2 is 2.05 bits per heavy atom. The number of carbonyl (C=O) groups excluding carboxylic acids is 1. The van der Waals surface area contributed by atoms with Crippen molar-refractivity contribution in [3.05, 3.63) is 0 Å². The van der Waals surface area contributed by atoms with Crippen molar-refractivity contribution in [2.24, 2.45) is 5.41 Å². The van der Waals surface area contributed by atoms with Gasteiger partial charge in [-0.15, -0.1) is 0 Å². The molecule has 20 heavy (non-hydrogen) atoms. The maximum atomic E-state index is 12.0. The molecule has 1 aliphatic heterocycles. The fourth-order valence-electron chi connectivity index (χ4n) is 2.15. The van der Waals surface area contributed by atoms with Crippen LogP contribution in [0.5, 0.6) is 0 Å². The summed E-state index contributed by atoms with van der Waals surface area (Å²) in [5.74, 6) is -0.881. The zero-order chi connectivity index (χ0) is 15.2. The smallest absolute Gasteiger partial charge is 0.317 e. The SMILES string of the molecule is COCC(C)N(C)C(=O)NCC1(C(=O)O)CCOCC1. The van der Waals surface area contributed by atoms with Crippen molar-refractivity contribution in [1.29, 1.82) is 0 Å². The number of carbonyl (C=O) groups is 2. The predicted octanol–water partition coefficient (Wildman–Crippen LogP) is 0.544. The predicted molar refractivity (Wildman–Crippen MR) is 72.6 cm³/mol. The molecule has 1 saturated heterocycles. The van der Waals surface area contributed by atoms with Crippen molar-refractivity contribution in [3.63, 3.8) is 0 Å². The molecule has 0 bridgehead atoms. The first-order valence-electron chi connectivity index (χ1n) is 6.73. The molecule has 0 aromatic carbocycles. The molecule has 7 nitrogen and oxygen atoms in total. The van der Waals surface area contributed by atoms with Gasteiger partial charge in [0.25, 0.3) is 0 Å². The van der Waals surface area contributed by atoms with Crippen molar-refractivity contribution in [2.45, 2.75) is 25.8 Å². The van der Waals surface area contributed by atoms with Gasteiger partial charge in [0.1, 0.15) is 0 Å². The Hall–Kier alpha value is -1.34. The molecule has 116 valence electrons. The first-order chi connectivity index (χ1) is 9.43. The standard InChI is InChI=1S/C13H24N2O5/c1-10(8-19-3)15(2)12(18)14-9-13(11(16)17)4-6-20-7-5-13/h10H,4-9H2,1-3H3,(H,14,18)(H,16,17). The van der Waals surface area contributed by atoms with Gasteiger partial charge < -0.3 is 24.8 Å². The maximum Gasteiger partial charge on any atom is 0.317 e. The van der Waals surface area contributed by atoms with E-state index >= 15 is 0 Å². The molecule has 0 aliphatic carbocycles. The summed E-state index contributed by atoms with van der Waals surface area (Å²) in [6.07, 6.45) is 0.833. The van der Waals surface area contributed by atoms with Gasteiger partial charge in [0.15, 0.2) is 0 Å². The molecule has 0 aromatic rings. The first-order valence-corrected chi connectivity index (χ1v) is 6.73. The topological polar surface area (TPSA) is 88.1 Å². The second kappa shape index (κ2) is 7.44. The minimum absolute atomic E-state index is 0.0736. The molecule has 7 heteroatoms. The van der Waals surface area contributed by atoms with Crippen LogP contribution in [0.15, 0.2) is 0 Å². The molecular formula is C13H24N2O5. The number of carboxylic acids is 1. The lowest BCUT2D eigenvalue weighted by Gasteiger charge is -2.34. The summed E-state index contributed by atoms with van der Waals surface area (Å²) in [6.45, 7) is 3.25. The van der Waals surface area contributed by atoms with E-state index in [4.69, 9.17) is 9.47 Å². The van der Waals surface area contributed by atoms with Crippen LogP contribution in [0.2, 0.25) is 0 Å². The van der Waals surface area contributed by atoms with Crippen LogP contribution in [0.1, 0.15) is 19.8 Å². The number of rotatable bonds is 6. The Balaban J connectivity index is 2.55. The Bertz CT molecular complexity index is 342. The van der Waals surface area contributed by atoms with Crippen molar-refractivity contribution in [1.82, 2.24) is 10.2 Å². The Morgan fingerprint density at radius 3 is 2.55 bits per heavy atom. The highest BCUT2D eigenvalue weighted by Gasteiger charge is 2.40. The van der Waals surface area contributed by atoms with Crippen LogP contribution in [-0.2, 0) is 14.3 Å². The molecule has 1 heterocycles. The number of methoxy groups -OCH3 is 1. The van der Waals surface area contributed by atoms with Crippen LogP contribution in [0.25, 0.3) is 0 Å².